The van der Waals surface area contributed by atoms with Crippen LogP contribution in [0.15, 0.2) is 30.3 Å². The number of hydrogen-bond donors (Lipinski definition) is 1. The molecule has 1 fully saturated rings. The van der Waals surface area contributed by atoms with Gasteiger partial charge >= 0.3 is 5.97 Å². The van der Waals surface area contributed by atoms with Gasteiger partial charge in [-0.2, -0.15) is 0 Å². The highest BCUT2D eigenvalue weighted by Crippen LogP contribution is 2.09. The molecular weight excluding hydrogens is 254 g/mol. The number of amides is 1. The number of rotatable bonds is 8. The van der Waals surface area contributed by atoms with E-state index in [0.29, 0.717) is 13.0 Å². The van der Waals surface area contributed by atoms with Crippen LogP contribution in [0.3, 0.4) is 0 Å². The normalized spacial score (nSPS) is 17.2. The highest BCUT2D eigenvalue weighted by Gasteiger charge is 2.31. The summed E-state index contributed by atoms with van der Waals surface area (Å²) in [6, 6.07) is 10.0. The molecule has 4 nitrogen and oxygen atoms in total. The Labute approximate surface area is 119 Å². The topological polar surface area (TPSA) is 55.4 Å². The van der Waals surface area contributed by atoms with Crippen molar-refractivity contribution in [2.45, 2.75) is 44.6 Å². The van der Waals surface area contributed by atoms with E-state index < -0.39 is 6.04 Å². The van der Waals surface area contributed by atoms with Crippen molar-refractivity contribution in [1.82, 2.24) is 5.32 Å². The Morgan fingerprint density at radius 1 is 1.15 bits per heavy atom. The number of nitrogens with one attached hydrogen (secondary N) is 1. The van der Waals surface area contributed by atoms with Gasteiger partial charge in [-0.05, 0) is 24.8 Å². The van der Waals surface area contributed by atoms with Gasteiger partial charge in [0, 0.05) is 6.42 Å². The first-order valence-corrected chi connectivity index (χ1v) is 7.25. The molecule has 20 heavy (non-hydrogen) atoms. The second-order valence-corrected chi connectivity index (χ2v) is 5.15. The fourth-order valence-electron chi connectivity index (χ4n) is 2.21. The zero-order valence-corrected chi connectivity index (χ0v) is 11.6. The lowest BCUT2D eigenvalue weighted by Crippen LogP contribution is -2.52. The van der Waals surface area contributed by atoms with Crippen LogP contribution in [0.4, 0.5) is 0 Å². The largest absolute Gasteiger partial charge is 0.461 e. The number of ether oxygens (including phenoxy) is 1. The standard InChI is InChI=1S/C16H21NO3/c18-15(17-14-12-20-16(14)19)11-7-2-1-4-8-13-9-5-3-6-10-13/h3,5-6,9-10,14H,1-2,4,7-8,11-12H2,(H,17,18)/t14-/m0/s1. The van der Waals surface area contributed by atoms with E-state index in [2.05, 4.69) is 34.3 Å². The fourth-order valence-corrected chi connectivity index (χ4v) is 2.21. The maximum Gasteiger partial charge on any atom is 0.332 e. The van der Waals surface area contributed by atoms with Crippen LogP contribution in [0.5, 0.6) is 0 Å². The minimum atomic E-state index is -0.402. The molecule has 1 aromatic carbocycles. The predicted molar refractivity (Wildman–Crippen MR) is 76.1 cm³/mol. The maximum absolute atomic E-state index is 11.5. The number of benzene rings is 1. The Balaban J connectivity index is 1.47. The third-order valence-electron chi connectivity index (χ3n) is 3.47. The van der Waals surface area contributed by atoms with E-state index >= 15 is 0 Å². The summed E-state index contributed by atoms with van der Waals surface area (Å²) in [5.41, 5.74) is 1.37. The van der Waals surface area contributed by atoms with Crippen LogP contribution in [0.1, 0.15) is 37.7 Å². The number of carbonyl (C=O) groups excluding carboxylic acids is 2. The van der Waals surface area contributed by atoms with Crippen LogP contribution < -0.4 is 5.32 Å². The minimum Gasteiger partial charge on any atom is -0.461 e. The minimum absolute atomic E-state index is 0.0466. The Bertz CT molecular complexity index is 444. The quantitative estimate of drug-likeness (QED) is 0.584. The molecule has 2 rings (SSSR count). The Hall–Kier alpha value is -1.84. The zero-order chi connectivity index (χ0) is 14.2. The van der Waals surface area contributed by atoms with Gasteiger partial charge in [-0.15, -0.1) is 0 Å². The van der Waals surface area contributed by atoms with Gasteiger partial charge in [0.2, 0.25) is 5.91 Å². The molecule has 0 radical (unpaired) electrons. The van der Waals surface area contributed by atoms with Crippen LogP contribution in [0, 0.1) is 0 Å². The molecular formula is C16H21NO3. The van der Waals surface area contributed by atoms with Gasteiger partial charge < -0.3 is 10.1 Å². The molecule has 0 aliphatic carbocycles. The van der Waals surface area contributed by atoms with Crippen molar-refractivity contribution in [1.29, 1.82) is 0 Å². The number of cyclic esters (lactones) is 1. The van der Waals surface area contributed by atoms with Crippen molar-refractivity contribution < 1.29 is 14.3 Å². The smallest absolute Gasteiger partial charge is 0.332 e. The molecule has 0 unspecified atom stereocenters. The summed E-state index contributed by atoms with van der Waals surface area (Å²) in [6.45, 7) is 0.321. The third-order valence-corrected chi connectivity index (χ3v) is 3.47. The number of carbonyl (C=O) groups is 2. The van der Waals surface area contributed by atoms with E-state index in [0.717, 1.165) is 32.1 Å². The van der Waals surface area contributed by atoms with Crippen molar-refractivity contribution in [3.63, 3.8) is 0 Å². The van der Waals surface area contributed by atoms with Gasteiger partial charge in [-0.1, -0.05) is 43.2 Å². The van der Waals surface area contributed by atoms with E-state index in [1.54, 1.807) is 0 Å². The van der Waals surface area contributed by atoms with E-state index in [9.17, 15) is 9.59 Å². The average molecular weight is 275 g/mol. The number of esters is 1. The van der Waals surface area contributed by atoms with Gasteiger partial charge in [0.1, 0.15) is 6.61 Å². The highest BCUT2D eigenvalue weighted by molar-refractivity contribution is 5.87. The van der Waals surface area contributed by atoms with Crippen LogP contribution >= 0.6 is 0 Å². The molecule has 0 aromatic heterocycles. The molecule has 0 bridgehead atoms. The molecule has 1 aromatic rings. The monoisotopic (exact) mass is 275 g/mol. The SMILES string of the molecule is O=C(CCCCCCc1ccccc1)N[C@H]1COC1=O. The second-order valence-electron chi connectivity index (χ2n) is 5.15. The zero-order valence-electron chi connectivity index (χ0n) is 11.6. The van der Waals surface area contributed by atoms with Crippen molar-refractivity contribution in [2.75, 3.05) is 6.61 Å². The van der Waals surface area contributed by atoms with Crippen LogP contribution in [-0.4, -0.2) is 24.5 Å². The van der Waals surface area contributed by atoms with E-state index in [4.69, 9.17) is 0 Å². The molecule has 1 saturated heterocycles. The van der Waals surface area contributed by atoms with Gasteiger partial charge in [0.15, 0.2) is 6.04 Å². The molecule has 0 saturated carbocycles. The first-order valence-electron chi connectivity index (χ1n) is 7.25. The van der Waals surface area contributed by atoms with E-state index in [1.165, 1.54) is 5.56 Å². The van der Waals surface area contributed by atoms with Crippen molar-refractivity contribution in [2.24, 2.45) is 0 Å². The number of unbranched alkanes of at least 4 members (excludes halogenated alkanes) is 3. The van der Waals surface area contributed by atoms with Crippen molar-refractivity contribution >= 4 is 11.9 Å². The first-order chi connectivity index (χ1) is 9.75. The Kier molecular flexibility index (Phi) is 5.59. The van der Waals surface area contributed by atoms with Gasteiger partial charge in [0.25, 0.3) is 0 Å². The summed E-state index contributed by atoms with van der Waals surface area (Å²) in [6.07, 6.45) is 5.81. The molecule has 0 spiro atoms. The fraction of sp³-hybridized carbons (Fsp3) is 0.500. The average Bonchev–Trinajstić information content (AvgIpc) is 2.48. The third kappa shape index (κ3) is 4.68. The van der Waals surface area contributed by atoms with Crippen LogP contribution in [-0.2, 0) is 20.7 Å². The van der Waals surface area contributed by atoms with Crippen LogP contribution in [0.25, 0.3) is 0 Å². The first kappa shape index (κ1) is 14.6. The maximum atomic E-state index is 11.5. The molecule has 108 valence electrons. The van der Waals surface area contributed by atoms with E-state index in [1.807, 2.05) is 6.07 Å². The van der Waals surface area contributed by atoms with E-state index in [-0.39, 0.29) is 11.9 Å². The Morgan fingerprint density at radius 3 is 2.55 bits per heavy atom. The summed E-state index contributed by atoms with van der Waals surface area (Å²) in [5, 5.41) is 2.67. The van der Waals surface area contributed by atoms with Gasteiger partial charge in [-0.25, -0.2) is 4.79 Å². The summed E-state index contributed by atoms with van der Waals surface area (Å²) < 4.78 is 4.59. The summed E-state index contributed by atoms with van der Waals surface area (Å²) in [7, 11) is 0. The van der Waals surface area contributed by atoms with Crippen molar-refractivity contribution in [3.05, 3.63) is 35.9 Å². The number of hydrogen-bond acceptors (Lipinski definition) is 3. The molecule has 1 atom stereocenters. The van der Waals surface area contributed by atoms with Crippen molar-refractivity contribution in [3.8, 4) is 0 Å². The van der Waals surface area contributed by atoms with Gasteiger partial charge in [-0.3, -0.25) is 4.79 Å². The lowest BCUT2D eigenvalue weighted by atomic mass is 10.1. The molecule has 1 amide bonds. The molecule has 1 aliphatic heterocycles. The van der Waals surface area contributed by atoms with Crippen LogP contribution in [0.2, 0.25) is 0 Å². The van der Waals surface area contributed by atoms with Gasteiger partial charge in [0.05, 0.1) is 0 Å². The summed E-state index contributed by atoms with van der Waals surface area (Å²) in [5.74, 6) is -0.365. The molecule has 1 aliphatic rings. The molecule has 4 heteroatoms. The second kappa shape index (κ2) is 7.68. The molecule has 1 N–H and O–H groups in total. The number of aryl methyl sites for hydroxylation is 1. The molecule has 1 heterocycles. The lowest BCUT2D eigenvalue weighted by Gasteiger charge is -2.25. The lowest BCUT2D eigenvalue weighted by molar-refractivity contribution is -0.164. The predicted octanol–water partition coefficient (Wildman–Crippen LogP) is 2.22. The Morgan fingerprint density at radius 2 is 1.90 bits per heavy atom. The summed E-state index contributed by atoms with van der Waals surface area (Å²) in [4.78, 5) is 22.4. The summed E-state index contributed by atoms with van der Waals surface area (Å²) >= 11 is 0. The highest BCUT2D eigenvalue weighted by atomic mass is 16.6.